The number of nitrogens with zero attached hydrogens (tertiary/aromatic N) is 3. The summed E-state index contributed by atoms with van der Waals surface area (Å²) in [5.41, 5.74) is 3.95. The molecule has 4 rings (SSSR count). The van der Waals surface area contributed by atoms with Gasteiger partial charge in [0.1, 0.15) is 0 Å². The SMILES string of the molecule is CN1CCN(CCOC2(S(=O)(=O)n3ccc(/C=C/C(=O)NO)c3)C=CC(c3ccccc3)=CC2)CC1. The van der Waals surface area contributed by atoms with Crippen LogP contribution < -0.4 is 5.48 Å². The number of rotatable bonds is 9. The third kappa shape index (κ3) is 5.85. The first kappa shape index (κ1) is 26.1. The summed E-state index contributed by atoms with van der Waals surface area (Å²) in [5.74, 6) is -0.705. The van der Waals surface area contributed by atoms with E-state index in [2.05, 4.69) is 16.8 Å². The highest BCUT2D eigenvalue weighted by Crippen LogP contribution is 2.35. The van der Waals surface area contributed by atoms with Gasteiger partial charge in [-0.2, -0.15) is 0 Å². The van der Waals surface area contributed by atoms with Gasteiger partial charge in [-0.3, -0.25) is 14.9 Å². The van der Waals surface area contributed by atoms with Gasteiger partial charge >= 0.3 is 0 Å². The minimum atomic E-state index is -4.01. The molecule has 1 atom stereocenters. The number of hydrogen-bond acceptors (Lipinski definition) is 7. The molecule has 9 nitrogen and oxygen atoms in total. The van der Waals surface area contributed by atoms with Gasteiger partial charge in [0.25, 0.3) is 15.9 Å². The second-order valence-corrected chi connectivity index (χ2v) is 11.0. The van der Waals surface area contributed by atoms with Gasteiger partial charge in [-0.05, 0) is 42.0 Å². The molecule has 1 aromatic carbocycles. The quantitative estimate of drug-likeness (QED) is 0.302. The van der Waals surface area contributed by atoms with Crippen LogP contribution in [0.1, 0.15) is 17.5 Å². The minimum absolute atomic E-state index is 0.162. The van der Waals surface area contributed by atoms with Crippen molar-refractivity contribution in [3.05, 3.63) is 84.2 Å². The van der Waals surface area contributed by atoms with Crippen molar-refractivity contribution in [3.8, 4) is 0 Å². The summed E-state index contributed by atoms with van der Waals surface area (Å²) in [7, 11) is -1.92. The van der Waals surface area contributed by atoms with Gasteiger partial charge < -0.3 is 9.64 Å². The molecule has 1 fully saturated rings. The Hall–Kier alpha value is -3.02. The van der Waals surface area contributed by atoms with E-state index in [0.717, 1.165) is 47.4 Å². The first-order valence-corrected chi connectivity index (χ1v) is 13.3. The molecule has 2 N–H and O–H groups in total. The third-order valence-electron chi connectivity index (χ3n) is 6.52. The molecule has 2 aliphatic rings. The molecule has 1 amide bonds. The maximum atomic E-state index is 13.9. The van der Waals surface area contributed by atoms with Gasteiger partial charge in [0, 0.05) is 57.6 Å². The van der Waals surface area contributed by atoms with Gasteiger partial charge in [0.05, 0.1) is 6.61 Å². The fourth-order valence-electron chi connectivity index (χ4n) is 4.27. The second kappa shape index (κ2) is 11.4. The Balaban J connectivity index is 1.56. The van der Waals surface area contributed by atoms with Crippen LogP contribution in [-0.2, 0) is 19.6 Å². The molecule has 1 aliphatic carbocycles. The zero-order valence-electron chi connectivity index (χ0n) is 20.3. The topological polar surface area (TPSA) is 104 Å². The summed E-state index contributed by atoms with van der Waals surface area (Å²) >= 11 is 0. The third-order valence-corrected chi connectivity index (χ3v) is 8.60. The van der Waals surface area contributed by atoms with Crippen LogP contribution in [0.15, 0.2) is 73.1 Å². The Morgan fingerprint density at radius 2 is 1.92 bits per heavy atom. The number of amides is 1. The molecule has 36 heavy (non-hydrogen) atoms. The Morgan fingerprint density at radius 3 is 2.58 bits per heavy atom. The highest BCUT2D eigenvalue weighted by atomic mass is 32.2. The maximum absolute atomic E-state index is 13.9. The van der Waals surface area contributed by atoms with Crippen molar-refractivity contribution in [1.29, 1.82) is 0 Å². The van der Waals surface area contributed by atoms with E-state index in [-0.39, 0.29) is 13.0 Å². The Kier molecular flexibility index (Phi) is 8.22. The molecule has 0 bridgehead atoms. The molecular weight excluding hydrogens is 480 g/mol. The predicted octanol–water partition coefficient (Wildman–Crippen LogP) is 2.19. The lowest BCUT2D eigenvalue weighted by atomic mass is 9.98. The van der Waals surface area contributed by atoms with E-state index in [1.807, 2.05) is 42.5 Å². The number of piperazine rings is 1. The van der Waals surface area contributed by atoms with E-state index in [9.17, 15) is 13.2 Å². The average molecular weight is 513 g/mol. The molecular formula is C26H32N4O5S. The highest BCUT2D eigenvalue weighted by molar-refractivity contribution is 7.91. The number of ether oxygens (including phenoxy) is 1. The van der Waals surface area contributed by atoms with Crippen LogP contribution in [-0.4, -0.2) is 84.6 Å². The van der Waals surface area contributed by atoms with Crippen molar-refractivity contribution < 1.29 is 23.2 Å². The van der Waals surface area contributed by atoms with Crippen molar-refractivity contribution >= 4 is 27.6 Å². The summed E-state index contributed by atoms with van der Waals surface area (Å²) in [6.07, 6.45) is 10.9. The summed E-state index contributed by atoms with van der Waals surface area (Å²) in [4.78, 5) is 14.3. The number of benzene rings is 1. The summed E-state index contributed by atoms with van der Waals surface area (Å²) < 4.78 is 35.1. The van der Waals surface area contributed by atoms with Crippen molar-refractivity contribution in [2.45, 2.75) is 11.4 Å². The van der Waals surface area contributed by atoms with Gasteiger partial charge in [-0.25, -0.2) is 17.9 Å². The average Bonchev–Trinajstić information content (AvgIpc) is 3.39. The first-order chi connectivity index (χ1) is 17.3. The van der Waals surface area contributed by atoms with Crippen LogP contribution in [0.5, 0.6) is 0 Å². The molecule has 0 saturated carbocycles. The number of carbonyl (C=O) groups is 1. The largest absolute Gasteiger partial charge is 0.352 e. The van der Waals surface area contributed by atoms with Gasteiger partial charge in [-0.1, -0.05) is 42.5 Å². The lowest BCUT2D eigenvalue weighted by molar-refractivity contribution is -0.124. The summed E-state index contributed by atoms with van der Waals surface area (Å²) in [6, 6.07) is 11.4. The molecule has 1 aromatic heterocycles. The lowest BCUT2D eigenvalue weighted by Gasteiger charge is -2.35. The Bertz CT molecular complexity index is 1240. The number of carbonyl (C=O) groups excluding carboxylic acids is 1. The van der Waals surface area contributed by atoms with E-state index in [0.29, 0.717) is 12.1 Å². The molecule has 0 radical (unpaired) electrons. The van der Waals surface area contributed by atoms with Crippen LogP contribution in [0.3, 0.4) is 0 Å². The van der Waals surface area contributed by atoms with Crippen molar-refractivity contribution in [2.75, 3.05) is 46.4 Å². The number of hydroxylamine groups is 1. The number of nitrogens with one attached hydrogen (secondary N) is 1. The molecule has 1 saturated heterocycles. The molecule has 0 spiro atoms. The number of aromatic nitrogens is 1. The van der Waals surface area contributed by atoms with Crippen molar-refractivity contribution in [2.24, 2.45) is 0 Å². The number of likely N-dealkylation sites (N-methyl/N-ethyl adjacent to an activating group) is 1. The molecule has 10 heteroatoms. The van der Waals surface area contributed by atoms with Crippen LogP contribution in [0.2, 0.25) is 0 Å². The predicted molar refractivity (Wildman–Crippen MR) is 139 cm³/mol. The number of allylic oxidation sites excluding steroid dienone is 2. The zero-order chi connectivity index (χ0) is 25.6. The van der Waals surface area contributed by atoms with E-state index in [4.69, 9.17) is 9.94 Å². The van der Waals surface area contributed by atoms with E-state index in [1.165, 1.54) is 23.9 Å². The summed E-state index contributed by atoms with van der Waals surface area (Å²) in [5, 5.41) is 8.66. The maximum Gasteiger partial charge on any atom is 0.272 e. The lowest BCUT2D eigenvalue weighted by Crippen LogP contribution is -2.48. The van der Waals surface area contributed by atoms with Gasteiger partial charge in [0.2, 0.25) is 4.93 Å². The Morgan fingerprint density at radius 1 is 1.17 bits per heavy atom. The fraction of sp³-hybridized carbons (Fsp3) is 0.346. The minimum Gasteiger partial charge on any atom is -0.352 e. The molecule has 1 unspecified atom stereocenters. The number of hydrogen-bond donors (Lipinski definition) is 2. The first-order valence-electron chi connectivity index (χ1n) is 11.9. The molecule has 2 aromatic rings. The fourth-order valence-corrected chi connectivity index (χ4v) is 5.87. The van der Waals surface area contributed by atoms with Gasteiger partial charge in [0.15, 0.2) is 0 Å². The second-order valence-electron chi connectivity index (χ2n) is 8.96. The normalized spacial score (nSPS) is 21.6. The van der Waals surface area contributed by atoms with E-state index < -0.39 is 20.9 Å². The van der Waals surface area contributed by atoms with Gasteiger partial charge in [-0.15, -0.1) is 0 Å². The molecule has 2 heterocycles. The van der Waals surface area contributed by atoms with Crippen molar-refractivity contribution in [3.63, 3.8) is 0 Å². The van der Waals surface area contributed by atoms with Crippen LogP contribution in [0.4, 0.5) is 0 Å². The zero-order valence-corrected chi connectivity index (χ0v) is 21.1. The molecule has 1 aliphatic heterocycles. The van der Waals surface area contributed by atoms with Crippen LogP contribution in [0, 0.1) is 0 Å². The monoisotopic (exact) mass is 512 g/mol. The molecule has 192 valence electrons. The standard InChI is InChI=1S/C26H32N4O5S/c1-28-15-17-29(18-16-28)19-20-35-26(12-9-24(10-13-26)23-5-3-2-4-6-23)36(33,34)30-14-11-22(21-30)7-8-25(31)27-32/h2-12,14,21,32H,13,15-20H2,1H3,(H,27,31)/b8-7+. The summed E-state index contributed by atoms with van der Waals surface area (Å²) in [6.45, 7) is 4.70. The van der Waals surface area contributed by atoms with Crippen LogP contribution >= 0.6 is 0 Å². The smallest absolute Gasteiger partial charge is 0.272 e. The van der Waals surface area contributed by atoms with E-state index in [1.54, 1.807) is 12.1 Å². The highest BCUT2D eigenvalue weighted by Gasteiger charge is 2.44. The Labute approximate surface area is 212 Å². The van der Waals surface area contributed by atoms with Crippen molar-refractivity contribution in [1.82, 2.24) is 19.3 Å². The van der Waals surface area contributed by atoms with Crippen LogP contribution in [0.25, 0.3) is 11.6 Å². The van der Waals surface area contributed by atoms with E-state index >= 15 is 0 Å².